The molecule has 0 aliphatic heterocycles. The molecule has 110 valence electrons. The van der Waals surface area contributed by atoms with E-state index in [1.54, 1.807) is 44.2 Å². The Bertz CT molecular complexity index is 522. The Balaban J connectivity index is 3.27. The van der Waals surface area contributed by atoms with Crippen molar-refractivity contribution in [3.8, 4) is 0 Å². The van der Waals surface area contributed by atoms with Crippen LogP contribution in [0.1, 0.15) is 19.5 Å². The molecule has 2 N–H and O–H groups in total. The number of esters is 1. The molecule has 0 amide bonds. The van der Waals surface area contributed by atoms with Crippen LogP contribution < -0.4 is 5.73 Å². The molecule has 0 aromatic carbocycles. The second-order valence-electron chi connectivity index (χ2n) is 3.63. The number of methoxy groups -OCH3 is 1. The van der Waals surface area contributed by atoms with Gasteiger partial charge in [0.15, 0.2) is 0 Å². The fourth-order valence-corrected chi connectivity index (χ4v) is 1.95. The number of carbonyl (C=O) groups is 1. The molecular weight excluding hydrogens is 344 g/mol. The molecule has 6 nitrogen and oxygen atoms in total. The van der Waals surface area contributed by atoms with Gasteiger partial charge in [0.25, 0.3) is 0 Å². The Morgan fingerprint density at radius 3 is 2.55 bits per heavy atom. The zero-order chi connectivity index (χ0) is 15.1. The number of nitrogens with zero attached hydrogens (tertiary/aromatic N) is 1. The van der Waals surface area contributed by atoms with E-state index >= 15 is 0 Å². The first-order chi connectivity index (χ1) is 9.56. The van der Waals surface area contributed by atoms with Gasteiger partial charge in [-0.05, 0) is 0 Å². The summed E-state index contributed by atoms with van der Waals surface area (Å²) in [6.45, 7) is 4.16. The van der Waals surface area contributed by atoms with E-state index in [0.717, 1.165) is 5.69 Å². The van der Waals surface area contributed by atoms with Crippen molar-refractivity contribution in [1.82, 2.24) is 4.57 Å². The van der Waals surface area contributed by atoms with Crippen LogP contribution in [0, 0.1) is 0 Å². The summed E-state index contributed by atoms with van der Waals surface area (Å²) in [6.07, 6.45) is 1.75. The molecule has 0 bridgehead atoms. The molecule has 0 aliphatic carbocycles. The number of nitrogens with two attached hydrogens (primary N) is 1. The number of hydrogen-bond donors (Lipinski definition) is 1. The van der Waals surface area contributed by atoms with E-state index < -0.39 is 5.97 Å². The molecular formula is C13H18MoN2O4. The molecule has 1 heterocycles. The van der Waals surface area contributed by atoms with E-state index in [2.05, 4.69) is 0 Å². The van der Waals surface area contributed by atoms with Gasteiger partial charge in [-0.1, -0.05) is 0 Å². The van der Waals surface area contributed by atoms with Crippen molar-refractivity contribution in [2.75, 3.05) is 20.3 Å². The van der Waals surface area contributed by atoms with Crippen molar-refractivity contribution in [2.45, 2.75) is 13.8 Å². The zero-order valence-electron chi connectivity index (χ0n) is 11.7. The fraction of sp³-hybridized carbons (Fsp3) is 0.385. The standard InChI is InChI=1S/C13H18N2O4.Mo/c1-4-18-12(11(14)13(16)19-5-2)15-8-6-7-10(15)9-17-3;/h6-8H,4-5,14H2,1-3H3;/b12-11+;. The molecule has 20 heavy (non-hydrogen) atoms. The predicted molar refractivity (Wildman–Crippen MR) is 71.2 cm³/mol. The van der Waals surface area contributed by atoms with E-state index in [0.29, 0.717) is 10.7 Å². The first-order valence-electron chi connectivity index (χ1n) is 6.12. The molecule has 7 heteroatoms. The molecule has 0 aliphatic rings. The minimum atomic E-state index is -0.605. The summed E-state index contributed by atoms with van der Waals surface area (Å²) in [5.74, 6) is -0.365. The summed E-state index contributed by atoms with van der Waals surface area (Å²) in [4.78, 5) is 11.8. The second-order valence-corrected chi connectivity index (χ2v) is 4.54. The first kappa shape index (κ1) is 16.7. The molecule has 1 aromatic rings. The van der Waals surface area contributed by atoms with Crippen LogP contribution in [0.4, 0.5) is 0 Å². The molecule has 1 aromatic heterocycles. The molecule has 0 atom stereocenters. The number of ether oxygens (including phenoxy) is 3. The number of aromatic nitrogens is 1. The maximum atomic E-state index is 11.8. The predicted octanol–water partition coefficient (Wildman–Crippen LogP) is 0.844. The summed E-state index contributed by atoms with van der Waals surface area (Å²) in [5.41, 5.74) is 6.53. The fourth-order valence-electron chi connectivity index (χ4n) is 1.54. The molecule has 0 unspecified atom stereocenters. The van der Waals surface area contributed by atoms with Gasteiger partial charge in [0, 0.05) is 0 Å². The van der Waals surface area contributed by atoms with E-state index in [9.17, 15) is 4.79 Å². The number of rotatable bonds is 7. The average Bonchev–Trinajstić information content (AvgIpc) is 2.92. The van der Waals surface area contributed by atoms with Crippen molar-refractivity contribution < 1.29 is 38.4 Å². The van der Waals surface area contributed by atoms with Crippen molar-refractivity contribution >= 4 is 15.9 Å². The SMILES string of the molecule is CCOC(=O)/C(N)=C(\OCC)n1cccc1[C](=[Mo])OC. The Morgan fingerprint density at radius 1 is 1.35 bits per heavy atom. The van der Waals surface area contributed by atoms with E-state index in [4.69, 9.17) is 19.9 Å². The van der Waals surface area contributed by atoms with Crippen LogP contribution >= 0.6 is 0 Å². The van der Waals surface area contributed by atoms with E-state index in [1.165, 1.54) is 0 Å². The van der Waals surface area contributed by atoms with Gasteiger partial charge in [-0.2, -0.15) is 0 Å². The molecule has 0 fully saturated rings. The maximum absolute atomic E-state index is 11.8. The van der Waals surface area contributed by atoms with E-state index in [-0.39, 0.29) is 18.2 Å². The Morgan fingerprint density at radius 2 is 2.00 bits per heavy atom. The van der Waals surface area contributed by atoms with Gasteiger partial charge in [-0.3, -0.25) is 0 Å². The summed E-state index contributed by atoms with van der Waals surface area (Å²) < 4.78 is 18.0. The summed E-state index contributed by atoms with van der Waals surface area (Å²) in [5, 5.41) is 0. The first-order valence-corrected chi connectivity index (χ1v) is 7.12. The van der Waals surface area contributed by atoms with Gasteiger partial charge in [0.1, 0.15) is 0 Å². The van der Waals surface area contributed by atoms with Crippen LogP contribution in [0.2, 0.25) is 0 Å². The van der Waals surface area contributed by atoms with Crippen LogP contribution in [-0.4, -0.2) is 34.9 Å². The zero-order valence-corrected chi connectivity index (χ0v) is 13.7. The normalized spacial score (nSPS) is 11.8. The monoisotopic (exact) mass is 364 g/mol. The van der Waals surface area contributed by atoms with Crippen LogP contribution in [-0.2, 0) is 38.4 Å². The third-order valence-corrected chi connectivity index (χ3v) is 3.29. The van der Waals surface area contributed by atoms with Gasteiger partial charge in [-0.15, -0.1) is 0 Å². The van der Waals surface area contributed by atoms with Gasteiger partial charge in [0.2, 0.25) is 0 Å². The summed E-state index contributed by atoms with van der Waals surface area (Å²) >= 11 is 1.74. The topological polar surface area (TPSA) is 75.7 Å². The second kappa shape index (κ2) is 8.02. The van der Waals surface area contributed by atoms with Crippen LogP contribution in [0.15, 0.2) is 24.0 Å². The molecule has 1 rings (SSSR count). The molecule has 0 spiro atoms. The Hall–Kier alpha value is -1.39. The van der Waals surface area contributed by atoms with Gasteiger partial charge in [0.05, 0.1) is 0 Å². The Kier molecular flexibility index (Phi) is 6.68. The van der Waals surface area contributed by atoms with Crippen molar-refractivity contribution in [2.24, 2.45) is 5.73 Å². The van der Waals surface area contributed by atoms with Crippen molar-refractivity contribution in [3.05, 3.63) is 29.7 Å². The quantitative estimate of drug-likeness (QED) is 0.337. The average molecular weight is 362 g/mol. The molecule has 0 radical (unpaired) electrons. The summed E-state index contributed by atoms with van der Waals surface area (Å²) in [6, 6.07) is 3.66. The Labute approximate surface area is 128 Å². The minimum absolute atomic E-state index is 0.0729. The molecule has 0 saturated carbocycles. The molecule has 0 saturated heterocycles. The van der Waals surface area contributed by atoms with E-state index in [1.807, 2.05) is 19.1 Å². The van der Waals surface area contributed by atoms with Crippen LogP contribution in [0.5, 0.6) is 0 Å². The number of hydrogen-bond acceptors (Lipinski definition) is 5. The van der Waals surface area contributed by atoms with Crippen LogP contribution in [0.3, 0.4) is 0 Å². The third-order valence-electron chi connectivity index (χ3n) is 2.37. The third kappa shape index (κ3) is 3.81. The van der Waals surface area contributed by atoms with Gasteiger partial charge >= 0.3 is 128 Å². The van der Waals surface area contributed by atoms with Gasteiger partial charge < -0.3 is 0 Å². The summed E-state index contributed by atoms with van der Waals surface area (Å²) in [7, 11) is 1.58. The van der Waals surface area contributed by atoms with Crippen molar-refractivity contribution in [1.29, 1.82) is 0 Å². The number of carbonyl (C=O) groups excluding carboxylic acids is 1. The van der Waals surface area contributed by atoms with Crippen molar-refractivity contribution in [3.63, 3.8) is 0 Å². The van der Waals surface area contributed by atoms with Gasteiger partial charge in [-0.25, -0.2) is 0 Å². The van der Waals surface area contributed by atoms with Crippen LogP contribution in [0.25, 0.3) is 5.88 Å².